The second-order valence-electron chi connectivity index (χ2n) is 20.6. The average Bonchev–Trinajstić information content (AvgIpc) is 1.66. The lowest BCUT2D eigenvalue weighted by Crippen LogP contribution is -3.11. The van der Waals surface area contributed by atoms with Gasteiger partial charge in [-0.3, -0.25) is 66.4 Å². The summed E-state index contributed by atoms with van der Waals surface area (Å²) in [4.78, 5) is 110. The standard InChI is InChI=1S/C40H54N12O20P2.2C6H15N/c1-73(60)67-17-23-32(30(57)38(70-23)52-20-44-29-34(52)47-40(42)49-36(29)59)72-74(61,62)68-18-22-31(71-73)27(37(69-22)51-19-43-28-33(51)46-39(41)48-35(28)58)45-24(54)7-10-64-12-14-66-16-15-65-13-11-63-9-2-3-21(53)6-8-50-25(55)4-5-26(50)56;2*1-4-7(5-2)6-3/h4-5,19-20,22-23,27,30-32,37-38,57H,2-3,6-18H2,1H3,(H,45,54)(H,61,62)(H3,41,46,48,58)(H3,42,47,49,59);2*4-6H2,1-3H3/p+2/t22-,23-,27?,30?,31+,32+,37-,38-,73?;;/m1../s1. The molecular weight excluding hydrogens is 1200 g/mol. The number of aromatic amines is 2. The number of rotatable bonds is 28. The van der Waals surface area contributed by atoms with Crippen molar-refractivity contribution in [1.29, 1.82) is 0 Å². The quantitative estimate of drug-likeness (QED) is 0.0165. The summed E-state index contributed by atoms with van der Waals surface area (Å²) >= 11 is 0. The second kappa shape index (κ2) is 34.4. The summed E-state index contributed by atoms with van der Waals surface area (Å²) in [6.07, 6.45) is -5.42. The Kier molecular flexibility index (Phi) is 27.9. The maximum absolute atomic E-state index is 14.2. The number of fused-ring (bicyclic) bond motifs is 4. The molecule has 4 aromatic heterocycles. The Labute approximate surface area is 507 Å². The molecule has 3 amide bonds. The number of imide groups is 1. The summed E-state index contributed by atoms with van der Waals surface area (Å²) in [5.74, 6) is -2.11. The molecule has 34 nitrogen and oxygen atoms in total. The van der Waals surface area contributed by atoms with Crippen LogP contribution >= 0.6 is 15.4 Å². The van der Waals surface area contributed by atoms with Crippen LogP contribution in [0.3, 0.4) is 0 Å². The molecule has 4 aliphatic heterocycles. The van der Waals surface area contributed by atoms with Gasteiger partial charge in [0.1, 0.15) is 42.3 Å². The SMILES string of the molecule is CC[NH+](CC)CC.CC[NH+](CC)CC.CP1(=O)OC[C@H]2O[C@@H](n3cnc4c(=O)[nH]c(N)nc43)C(O)[C@H]2OP(=O)(O)OC[C@H]2O[C@@H](n3cnc4c(=O)[nH]c(N)nc43)C(NC(=O)CCOCCOCCOCCOCCCC(=O)CCN3C(=O)C=CC3=O)[C@H]2O1. The van der Waals surface area contributed by atoms with Crippen molar-refractivity contribution >= 4 is 73.1 Å². The number of ketones is 1. The smallest absolute Gasteiger partial charge is 0.386 e. The van der Waals surface area contributed by atoms with Crippen LogP contribution in [0.4, 0.5) is 11.9 Å². The Morgan fingerprint density at radius 3 is 1.65 bits per heavy atom. The molecule has 0 bridgehead atoms. The zero-order valence-corrected chi connectivity index (χ0v) is 52.5. The number of anilines is 2. The number of phosphoric acid groups is 1. The van der Waals surface area contributed by atoms with Crippen LogP contribution in [-0.4, -0.2) is 233 Å². The number of Topliss-reactive ketones (excluding diaryl/α,β-unsaturated/α-hetero) is 1. The van der Waals surface area contributed by atoms with Crippen molar-refractivity contribution in [2.45, 2.75) is 116 Å². The van der Waals surface area contributed by atoms with Gasteiger partial charge in [-0.05, 0) is 48.0 Å². The molecular formula is C52H86N14O20P2+2. The molecule has 4 aliphatic rings. The summed E-state index contributed by atoms with van der Waals surface area (Å²) in [7, 11) is -9.46. The van der Waals surface area contributed by atoms with Gasteiger partial charge in [-0.1, -0.05) is 0 Å². The highest BCUT2D eigenvalue weighted by Gasteiger charge is 2.54. The molecule has 36 heteroatoms. The summed E-state index contributed by atoms with van der Waals surface area (Å²) in [6, 6.07) is -1.33. The molecule has 4 unspecified atom stereocenters. The van der Waals surface area contributed by atoms with Gasteiger partial charge in [-0.15, -0.1) is 0 Å². The number of phosphoric ester groups is 1. The van der Waals surface area contributed by atoms with Gasteiger partial charge in [0.25, 0.3) is 22.9 Å². The fourth-order valence-electron chi connectivity index (χ4n) is 9.75. The molecule has 4 aromatic rings. The van der Waals surface area contributed by atoms with Crippen LogP contribution in [0.25, 0.3) is 22.3 Å². The molecule has 0 saturated carbocycles. The fourth-order valence-corrected chi connectivity index (χ4v) is 11.9. The third kappa shape index (κ3) is 20.1. The van der Waals surface area contributed by atoms with Crippen LogP contribution in [0.2, 0.25) is 0 Å². The monoisotopic (exact) mass is 1290 g/mol. The first kappa shape index (κ1) is 71.3. The number of nitrogens with zero attached hydrogens (tertiary/aromatic N) is 7. The van der Waals surface area contributed by atoms with Crippen LogP contribution in [0.5, 0.6) is 0 Å². The zero-order chi connectivity index (χ0) is 64.1. The maximum atomic E-state index is 14.2. The van der Waals surface area contributed by atoms with Gasteiger partial charge in [0.2, 0.25) is 17.8 Å². The van der Waals surface area contributed by atoms with Crippen LogP contribution in [0.15, 0.2) is 34.4 Å². The number of amides is 3. The first-order valence-electron chi connectivity index (χ1n) is 29.4. The number of aromatic nitrogens is 8. The van der Waals surface area contributed by atoms with E-state index in [1.807, 2.05) is 0 Å². The third-order valence-corrected chi connectivity index (χ3v) is 17.0. The predicted octanol–water partition coefficient (Wildman–Crippen LogP) is -2.22. The molecule has 8 heterocycles. The van der Waals surface area contributed by atoms with E-state index >= 15 is 0 Å². The fraction of sp³-hybridized carbons (Fsp3) is 0.692. The highest BCUT2D eigenvalue weighted by atomic mass is 31.2. The van der Waals surface area contributed by atoms with E-state index in [0.29, 0.717) is 19.6 Å². The predicted molar refractivity (Wildman–Crippen MR) is 314 cm³/mol. The Morgan fingerprint density at radius 2 is 1.14 bits per heavy atom. The first-order valence-corrected chi connectivity index (χ1v) is 32.9. The lowest BCUT2D eigenvalue weighted by molar-refractivity contribution is -0.894. The Hall–Kier alpha value is -5.78. The van der Waals surface area contributed by atoms with Crippen LogP contribution in [-0.2, 0) is 74.8 Å². The minimum Gasteiger partial charge on any atom is -0.386 e. The van der Waals surface area contributed by atoms with E-state index in [1.165, 1.54) is 62.3 Å². The number of hydrogen-bond donors (Lipinski definition) is 9. The van der Waals surface area contributed by atoms with Gasteiger partial charge in [0, 0.05) is 51.2 Å². The van der Waals surface area contributed by atoms with Gasteiger partial charge < -0.3 is 74.1 Å². The minimum absolute atomic E-state index is 0.0530. The zero-order valence-electron chi connectivity index (χ0n) is 50.7. The van der Waals surface area contributed by atoms with E-state index in [0.717, 1.165) is 22.5 Å². The molecule has 492 valence electrons. The normalized spacial score (nSPS) is 25.5. The number of H-pyrrole nitrogens is 2. The van der Waals surface area contributed by atoms with Crippen LogP contribution < -0.4 is 37.7 Å². The number of aliphatic hydroxyl groups is 1. The minimum atomic E-state index is -5.18. The molecule has 0 aliphatic carbocycles. The largest absolute Gasteiger partial charge is 0.472 e. The van der Waals surface area contributed by atoms with Crippen molar-refractivity contribution in [1.82, 2.24) is 49.3 Å². The number of hydrogen-bond acceptors (Lipinski definition) is 25. The highest BCUT2D eigenvalue weighted by Crippen LogP contribution is 2.54. The Bertz CT molecular complexity index is 3130. The van der Waals surface area contributed by atoms with Crippen LogP contribution in [0.1, 0.15) is 79.7 Å². The van der Waals surface area contributed by atoms with Crippen molar-refractivity contribution in [3.63, 3.8) is 0 Å². The van der Waals surface area contributed by atoms with Crippen molar-refractivity contribution in [2.75, 3.05) is 130 Å². The third-order valence-electron chi connectivity index (χ3n) is 14.7. The van der Waals surface area contributed by atoms with Crippen molar-refractivity contribution in [2.24, 2.45) is 0 Å². The molecule has 88 heavy (non-hydrogen) atoms. The van der Waals surface area contributed by atoms with Gasteiger partial charge in [0.15, 0.2) is 34.8 Å². The number of nitrogens with one attached hydrogen (secondary N) is 5. The van der Waals surface area contributed by atoms with Crippen molar-refractivity contribution < 1.29 is 94.6 Å². The van der Waals surface area contributed by atoms with E-state index in [1.54, 1.807) is 9.80 Å². The molecule has 10 atom stereocenters. The van der Waals surface area contributed by atoms with E-state index in [4.69, 9.17) is 58.0 Å². The lowest BCUT2D eigenvalue weighted by Gasteiger charge is -2.30. The van der Waals surface area contributed by atoms with Crippen molar-refractivity contribution in [3.8, 4) is 0 Å². The number of nitrogen functional groups attached to an aromatic ring is 2. The average molecular weight is 1290 g/mol. The van der Waals surface area contributed by atoms with Gasteiger partial charge >= 0.3 is 15.4 Å². The molecule has 8 rings (SSSR count). The summed E-state index contributed by atoms with van der Waals surface area (Å²) in [5, 5.41) is 14.2. The topological polar surface area (TPSA) is 439 Å². The molecule has 3 saturated heterocycles. The number of imidazole rings is 2. The molecule has 0 spiro atoms. The van der Waals surface area contributed by atoms with Crippen molar-refractivity contribution in [3.05, 3.63) is 45.5 Å². The Morgan fingerprint density at radius 1 is 0.670 bits per heavy atom. The van der Waals surface area contributed by atoms with Crippen LogP contribution in [0, 0.1) is 0 Å². The summed E-state index contributed by atoms with van der Waals surface area (Å²) in [5.41, 5.74) is 9.68. The summed E-state index contributed by atoms with van der Waals surface area (Å²) < 4.78 is 87.3. The Balaban J connectivity index is 0.000000788. The molecule has 0 aromatic carbocycles. The molecule has 11 N–H and O–H groups in total. The lowest BCUT2D eigenvalue weighted by atomic mass is 10.1. The molecule has 3 fully saturated rings. The number of aliphatic hydroxyl groups excluding tert-OH is 1. The number of nitrogens with two attached hydrogens (primary N) is 2. The van der Waals surface area contributed by atoms with E-state index < -0.39 is 106 Å². The summed E-state index contributed by atoms with van der Waals surface area (Å²) in [6.45, 7) is 22.2. The number of ether oxygens (including phenoxy) is 6. The van der Waals surface area contributed by atoms with Gasteiger partial charge in [-0.2, -0.15) is 9.97 Å². The highest BCUT2D eigenvalue weighted by molar-refractivity contribution is 7.53. The number of carbonyl (C=O) groups is 4. The maximum Gasteiger partial charge on any atom is 0.472 e. The first-order chi connectivity index (χ1) is 42.1. The molecule has 0 radical (unpaired) electrons. The van der Waals surface area contributed by atoms with Gasteiger partial charge in [0.05, 0.1) is 111 Å². The van der Waals surface area contributed by atoms with E-state index in [-0.39, 0.29) is 105 Å². The second-order valence-corrected chi connectivity index (χ2v) is 24.0. The van der Waals surface area contributed by atoms with Gasteiger partial charge in [-0.25, -0.2) is 14.5 Å². The number of carbonyl (C=O) groups excluding carboxylic acids is 4. The van der Waals surface area contributed by atoms with E-state index in [9.17, 15) is 47.9 Å². The van der Waals surface area contributed by atoms with E-state index in [2.05, 4.69) is 76.8 Å². The number of quaternary nitrogens is 2.